The summed E-state index contributed by atoms with van der Waals surface area (Å²) < 4.78 is 17.8. The quantitative estimate of drug-likeness (QED) is 0.0433. The Morgan fingerprint density at radius 3 is 1.06 bits per heavy atom. The molecule has 0 amide bonds. The molecule has 0 saturated heterocycles. The lowest BCUT2D eigenvalue weighted by molar-refractivity contribution is 0.0706. The van der Waals surface area contributed by atoms with Crippen molar-refractivity contribution in [1.82, 2.24) is 0 Å². The lowest BCUT2D eigenvalue weighted by Crippen LogP contribution is -2.45. The predicted octanol–water partition coefficient (Wildman–Crippen LogP) is 9.17. The van der Waals surface area contributed by atoms with E-state index in [4.69, 9.17) is 13.3 Å². The molecule has 35 heavy (non-hydrogen) atoms. The van der Waals surface area contributed by atoms with Crippen molar-refractivity contribution in [2.45, 2.75) is 155 Å². The fraction of sp³-hybridized carbons (Fsp3) is 0.966. The zero-order chi connectivity index (χ0) is 25.7. The van der Waals surface area contributed by atoms with Crippen molar-refractivity contribution in [3.63, 3.8) is 0 Å². The Bertz CT molecular complexity index is 455. The first-order chi connectivity index (χ1) is 17.2. The average molecular weight is 514 g/mol. The van der Waals surface area contributed by atoms with E-state index in [0.29, 0.717) is 26.4 Å². The van der Waals surface area contributed by atoms with E-state index in [1.165, 1.54) is 116 Å². The van der Waals surface area contributed by atoms with Crippen LogP contribution in [0.15, 0.2) is 4.99 Å². The second kappa shape index (κ2) is 28.1. The van der Waals surface area contributed by atoms with Crippen LogP contribution in [0.25, 0.3) is 0 Å². The molecule has 0 aromatic heterocycles. The molecule has 0 rings (SSSR count). The first-order valence-corrected chi connectivity index (χ1v) is 17.1. The number of carbonyl (C=O) groups excluding carboxylic acids is 1. The molecule has 0 atom stereocenters. The summed E-state index contributed by atoms with van der Waals surface area (Å²) in [6, 6.07) is 0.961. The van der Waals surface area contributed by atoms with E-state index in [0.717, 1.165) is 18.9 Å². The van der Waals surface area contributed by atoms with Gasteiger partial charge in [0.05, 0.1) is 6.54 Å². The van der Waals surface area contributed by atoms with Crippen LogP contribution in [-0.4, -0.2) is 41.2 Å². The summed E-state index contributed by atoms with van der Waals surface area (Å²) >= 11 is 0. The number of nitrogens with zero attached hydrogens (tertiary/aromatic N) is 1. The van der Waals surface area contributed by atoms with Gasteiger partial charge in [0.2, 0.25) is 6.08 Å². The topological polar surface area (TPSA) is 57.1 Å². The summed E-state index contributed by atoms with van der Waals surface area (Å²) in [6.07, 6.45) is 28.5. The van der Waals surface area contributed by atoms with Crippen molar-refractivity contribution in [3.8, 4) is 0 Å². The molecule has 5 nitrogen and oxygen atoms in total. The Morgan fingerprint density at radius 2 is 0.771 bits per heavy atom. The van der Waals surface area contributed by atoms with Crippen molar-refractivity contribution < 1.29 is 18.1 Å². The van der Waals surface area contributed by atoms with Gasteiger partial charge in [0.25, 0.3) is 0 Å². The van der Waals surface area contributed by atoms with Crippen LogP contribution in [0.4, 0.5) is 0 Å². The van der Waals surface area contributed by atoms with Crippen molar-refractivity contribution in [2.24, 2.45) is 4.99 Å². The van der Waals surface area contributed by atoms with Crippen LogP contribution in [0.5, 0.6) is 0 Å². The highest BCUT2D eigenvalue weighted by Gasteiger charge is 2.39. The number of hydrogen-bond donors (Lipinski definition) is 0. The molecule has 0 fully saturated rings. The molecule has 0 unspecified atom stereocenters. The second-order valence-electron chi connectivity index (χ2n) is 9.78. The number of unbranched alkanes of at least 4 members (excludes halogenated alkanes) is 19. The van der Waals surface area contributed by atoms with E-state index in [-0.39, 0.29) is 0 Å². The molecule has 0 spiro atoms. The molecule has 6 heteroatoms. The van der Waals surface area contributed by atoms with Gasteiger partial charge in [0, 0.05) is 25.9 Å². The third kappa shape index (κ3) is 23.6. The predicted molar refractivity (Wildman–Crippen MR) is 151 cm³/mol. The Kier molecular flexibility index (Phi) is 27.6. The van der Waals surface area contributed by atoms with Gasteiger partial charge in [-0.1, -0.05) is 116 Å². The van der Waals surface area contributed by atoms with Crippen LogP contribution in [0.2, 0.25) is 6.04 Å². The van der Waals surface area contributed by atoms with Crippen LogP contribution in [0.3, 0.4) is 0 Å². The zero-order valence-corrected chi connectivity index (χ0v) is 24.8. The van der Waals surface area contributed by atoms with Gasteiger partial charge in [-0.25, -0.2) is 9.79 Å². The maximum Gasteiger partial charge on any atom is 0.500 e. The number of hydrogen-bond acceptors (Lipinski definition) is 5. The molecule has 0 aromatic rings. The van der Waals surface area contributed by atoms with E-state index >= 15 is 0 Å². The van der Waals surface area contributed by atoms with E-state index in [1.807, 2.05) is 20.8 Å². The van der Waals surface area contributed by atoms with Gasteiger partial charge in [-0.15, -0.1) is 0 Å². The third-order valence-electron chi connectivity index (χ3n) is 6.66. The Balaban J connectivity index is 3.34. The highest BCUT2D eigenvalue weighted by molar-refractivity contribution is 6.60. The van der Waals surface area contributed by atoms with E-state index in [9.17, 15) is 4.79 Å². The van der Waals surface area contributed by atoms with Crippen molar-refractivity contribution >= 4 is 14.9 Å². The first kappa shape index (κ1) is 34.5. The Hall–Kier alpha value is -0.523. The monoisotopic (exact) mass is 513 g/mol. The SMILES string of the molecule is CCO[Si](CCCCCCCCCCCCCCCCCCCCCCN=C=O)(OCC)OCC. The first-order valence-electron chi connectivity index (χ1n) is 15.2. The van der Waals surface area contributed by atoms with Gasteiger partial charge in [0.1, 0.15) is 0 Å². The fourth-order valence-electron chi connectivity index (χ4n) is 4.76. The number of isocyanates is 1. The summed E-state index contributed by atoms with van der Waals surface area (Å²) in [5.41, 5.74) is 0. The standard InChI is InChI=1S/C29H59NO4Si/c1-4-32-35(33-5-2,34-6-3)28-26-24-22-20-18-16-14-12-10-8-7-9-11-13-15-17-19-21-23-25-27-30-29-31/h4-28H2,1-3H3. The maximum absolute atomic E-state index is 9.98. The van der Waals surface area contributed by atoms with E-state index in [1.54, 1.807) is 6.08 Å². The molecular formula is C29H59NO4Si. The van der Waals surface area contributed by atoms with Crippen LogP contribution < -0.4 is 0 Å². The Labute approximate surface area is 219 Å². The second-order valence-corrected chi connectivity index (χ2v) is 12.5. The fourth-order valence-corrected chi connectivity index (χ4v) is 7.45. The molecule has 0 bridgehead atoms. The van der Waals surface area contributed by atoms with Crippen LogP contribution in [0.1, 0.15) is 149 Å². The van der Waals surface area contributed by atoms with Gasteiger partial charge in [-0.2, -0.15) is 0 Å². The minimum atomic E-state index is -2.42. The highest BCUT2D eigenvalue weighted by Crippen LogP contribution is 2.21. The van der Waals surface area contributed by atoms with Gasteiger partial charge >= 0.3 is 8.80 Å². The summed E-state index contributed by atoms with van der Waals surface area (Å²) in [5, 5.41) is 0. The minimum absolute atomic E-state index is 0.659. The van der Waals surface area contributed by atoms with E-state index < -0.39 is 8.80 Å². The number of aliphatic imine (C=N–C) groups is 1. The smallest absolute Gasteiger partial charge is 0.374 e. The van der Waals surface area contributed by atoms with Crippen molar-refractivity contribution in [2.75, 3.05) is 26.4 Å². The van der Waals surface area contributed by atoms with Crippen LogP contribution >= 0.6 is 0 Å². The average Bonchev–Trinajstić information content (AvgIpc) is 2.85. The molecule has 0 saturated carbocycles. The van der Waals surface area contributed by atoms with Gasteiger partial charge in [-0.05, 0) is 33.6 Å². The normalized spacial score (nSPS) is 11.6. The lowest BCUT2D eigenvalue weighted by Gasteiger charge is -2.28. The molecule has 208 valence electrons. The lowest BCUT2D eigenvalue weighted by atomic mass is 10.0. The molecule has 0 aliphatic heterocycles. The summed E-state index contributed by atoms with van der Waals surface area (Å²) in [7, 11) is -2.42. The molecule has 0 N–H and O–H groups in total. The zero-order valence-electron chi connectivity index (χ0n) is 23.8. The van der Waals surface area contributed by atoms with Crippen molar-refractivity contribution in [1.29, 1.82) is 0 Å². The molecule has 0 aliphatic carbocycles. The summed E-state index contributed by atoms with van der Waals surface area (Å²) in [4.78, 5) is 13.6. The molecule has 0 radical (unpaired) electrons. The Morgan fingerprint density at radius 1 is 0.486 bits per heavy atom. The minimum Gasteiger partial charge on any atom is -0.374 e. The molecular weight excluding hydrogens is 454 g/mol. The van der Waals surface area contributed by atoms with Gasteiger partial charge in [-0.3, -0.25) is 0 Å². The largest absolute Gasteiger partial charge is 0.500 e. The molecule has 0 aliphatic rings. The van der Waals surface area contributed by atoms with Gasteiger partial charge in [0.15, 0.2) is 0 Å². The third-order valence-corrected chi connectivity index (χ3v) is 9.81. The number of rotatable bonds is 29. The summed E-state index contributed by atoms with van der Waals surface area (Å²) in [6.45, 7) is 8.78. The van der Waals surface area contributed by atoms with Crippen LogP contribution in [-0.2, 0) is 18.1 Å². The highest BCUT2D eigenvalue weighted by atomic mass is 28.4. The summed E-state index contributed by atoms with van der Waals surface area (Å²) in [5.74, 6) is 0. The van der Waals surface area contributed by atoms with E-state index in [2.05, 4.69) is 4.99 Å². The van der Waals surface area contributed by atoms with Gasteiger partial charge < -0.3 is 13.3 Å². The molecule has 0 aromatic carbocycles. The maximum atomic E-state index is 9.98. The van der Waals surface area contributed by atoms with Crippen molar-refractivity contribution in [3.05, 3.63) is 0 Å². The molecule has 0 heterocycles. The van der Waals surface area contributed by atoms with Crippen LogP contribution in [0, 0.1) is 0 Å².